The Labute approximate surface area is 230 Å². The number of aliphatic hydroxyl groups is 1. The van der Waals surface area contributed by atoms with Crippen LogP contribution < -0.4 is 10.6 Å². The average Bonchev–Trinajstić information content (AvgIpc) is 2.80. The van der Waals surface area contributed by atoms with Crippen molar-refractivity contribution in [1.29, 1.82) is 0 Å². The smallest absolute Gasteiger partial charge is 0.407 e. The lowest BCUT2D eigenvalue weighted by Crippen LogP contribution is -2.49. The number of rotatable bonds is 17. The second kappa shape index (κ2) is 16.6. The summed E-state index contributed by atoms with van der Waals surface area (Å²) >= 11 is 0. The molecule has 0 radical (unpaired) electrons. The van der Waals surface area contributed by atoms with Crippen LogP contribution in [0.25, 0.3) is 0 Å². The molecular weight excluding hydrogens is 480 g/mol. The van der Waals surface area contributed by atoms with Crippen LogP contribution in [0.3, 0.4) is 0 Å². The van der Waals surface area contributed by atoms with Gasteiger partial charge in [0.2, 0.25) is 5.91 Å². The van der Waals surface area contributed by atoms with Crippen molar-refractivity contribution in [2.45, 2.75) is 111 Å². The third kappa shape index (κ3) is 15.1. The lowest BCUT2D eigenvalue weighted by atomic mass is 9.79. The van der Waals surface area contributed by atoms with Crippen LogP contribution in [0.5, 0.6) is 0 Å². The van der Waals surface area contributed by atoms with Crippen molar-refractivity contribution in [2.75, 3.05) is 13.2 Å². The molecule has 2 amide bonds. The number of carbonyl (C=O) groups is 2. The summed E-state index contributed by atoms with van der Waals surface area (Å²) in [5.41, 5.74) is 1.08. The average molecular weight is 533 g/mol. The largest absolute Gasteiger partial charge is 0.444 e. The molecule has 0 aliphatic heterocycles. The van der Waals surface area contributed by atoms with Crippen LogP contribution in [0.4, 0.5) is 4.79 Å². The van der Waals surface area contributed by atoms with Crippen LogP contribution in [0, 0.1) is 11.3 Å². The van der Waals surface area contributed by atoms with E-state index in [9.17, 15) is 14.7 Å². The molecule has 0 fully saturated rings. The molecule has 0 saturated heterocycles. The maximum absolute atomic E-state index is 12.9. The zero-order valence-electron chi connectivity index (χ0n) is 24.8. The summed E-state index contributed by atoms with van der Waals surface area (Å²) in [5, 5.41) is 17.2. The molecule has 0 aliphatic rings. The lowest BCUT2D eigenvalue weighted by Gasteiger charge is -2.34. The maximum Gasteiger partial charge on any atom is 0.407 e. The first-order chi connectivity index (χ1) is 17.7. The molecule has 0 heterocycles. The molecule has 0 aromatic heterocycles. The molecule has 0 saturated carbocycles. The number of unbranched alkanes of at least 4 members (excludes halogenated alkanes) is 1. The highest BCUT2D eigenvalue weighted by Crippen LogP contribution is 2.30. The summed E-state index contributed by atoms with van der Waals surface area (Å²) < 4.78 is 11.4. The van der Waals surface area contributed by atoms with E-state index in [2.05, 4.69) is 38.0 Å². The van der Waals surface area contributed by atoms with Crippen molar-refractivity contribution in [3.05, 3.63) is 48.0 Å². The van der Waals surface area contributed by atoms with Gasteiger partial charge in [0.1, 0.15) is 5.60 Å². The molecular formula is C31H52N2O5. The Morgan fingerprint density at radius 1 is 1.11 bits per heavy atom. The number of allylic oxidation sites excluding steroid dienone is 1. The molecule has 7 heteroatoms. The molecule has 1 rings (SSSR count). The van der Waals surface area contributed by atoms with Crippen molar-refractivity contribution >= 4 is 12.0 Å². The second-order valence-electron chi connectivity index (χ2n) is 12.2. The minimum atomic E-state index is -0.937. The molecule has 0 bridgehead atoms. The Balaban J connectivity index is 2.91. The Hall–Kier alpha value is -2.38. The summed E-state index contributed by atoms with van der Waals surface area (Å²) in [7, 11) is 0. The fourth-order valence-corrected chi connectivity index (χ4v) is 4.24. The Kier molecular flexibility index (Phi) is 14.7. The number of aliphatic hydroxyl groups excluding tert-OH is 1. The highest BCUT2D eigenvalue weighted by molar-refractivity contribution is 5.79. The minimum Gasteiger partial charge on any atom is -0.444 e. The molecule has 0 aliphatic carbocycles. The maximum atomic E-state index is 12.9. The number of amides is 2. The predicted molar refractivity (Wildman–Crippen MR) is 154 cm³/mol. The third-order valence-corrected chi connectivity index (χ3v) is 6.30. The summed E-state index contributed by atoms with van der Waals surface area (Å²) in [6, 6.07) is 9.42. The van der Waals surface area contributed by atoms with Crippen LogP contribution in [-0.2, 0) is 20.9 Å². The van der Waals surface area contributed by atoms with Gasteiger partial charge in [0.15, 0.2) is 0 Å². The van der Waals surface area contributed by atoms with Crippen LogP contribution in [-0.4, -0.2) is 48.0 Å². The fourth-order valence-electron chi connectivity index (χ4n) is 4.24. The lowest BCUT2D eigenvalue weighted by molar-refractivity contribution is -0.126. The van der Waals surface area contributed by atoms with Gasteiger partial charge in [-0.05, 0) is 70.8 Å². The van der Waals surface area contributed by atoms with Crippen molar-refractivity contribution in [1.82, 2.24) is 10.6 Å². The number of carbonyl (C=O) groups excluding carboxylic acids is 2. The van der Waals surface area contributed by atoms with Gasteiger partial charge in [0, 0.05) is 19.1 Å². The van der Waals surface area contributed by atoms with Gasteiger partial charge < -0.3 is 25.2 Å². The van der Waals surface area contributed by atoms with E-state index in [0.29, 0.717) is 32.6 Å². The summed E-state index contributed by atoms with van der Waals surface area (Å²) in [4.78, 5) is 25.6. The normalized spacial score (nSPS) is 14.3. The molecule has 3 atom stereocenters. The molecule has 38 heavy (non-hydrogen) atoms. The molecule has 216 valence electrons. The van der Waals surface area contributed by atoms with Gasteiger partial charge in [-0.2, -0.15) is 0 Å². The minimum absolute atomic E-state index is 0.0925. The third-order valence-electron chi connectivity index (χ3n) is 6.30. The predicted octanol–water partition coefficient (Wildman–Crippen LogP) is 6.15. The summed E-state index contributed by atoms with van der Waals surface area (Å²) in [6.45, 7) is 19.2. The van der Waals surface area contributed by atoms with Gasteiger partial charge in [-0.3, -0.25) is 4.79 Å². The van der Waals surface area contributed by atoms with Crippen molar-refractivity contribution in [3.63, 3.8) is 0 Å². The Morgan fingerprint density at radius 3 is 2.34 bits per heavy atom. The standard InChI is InChI=1S/C31H52N2O5/c1-9-10-17-32-28(35)25(19-23(2)3)20-27(34)26(33-29(36)38-30(4,5)6)21-31(7,8)16-18-37-22-24-14-12-11-13-15-24/h11-15,25-27,34H,2,9-10,16-22H2,1,3-8H3,(H,32,35)(H,33,36)/t25-,26+,27+/m1/s1. The molecule has 3 N–H and O–H groups in total. The quantitative estimate of drug-likeness (QED) is 0.165. The molecule has 0 unspecified atom stereocenters. The van der Waals surface area contributed by atoms with Crippen LogP contribution in [0.1, 0.15) is 92.6 Å². The topological polar surface area (TPSA) is 96.9 Å². The second-order valence-corrected chi connectivity index (χ2v) is 12.2. The fraction of sp³-hybridized carbons (Fsp3) is 0.677. The van der Waals surface area contributed by atoms with Crippen LogP contribution in [0.2, 0.25) is 0 Å². The first-order valence-corrected chi connectivity index (χ1v) is 13.9. The van der Waals surface area contributed by atoms with Gasteiger partial charge >= 0.3 is 6.09 Å². The van der Waals surface area contributed by atoms with E-state index in [0.717, 1.165) is 30.4 Å². The highest BCUT2D eigenvalue weighted by atomic mass is 16.6. The number of benzene rings is 1. The number of hydrogen-bond acceptors (Lipinski definition) is 5. The number of ether oxygens (including phenoxy) is 2. The van der Waals surface area contributed by atoms with Gasteiger partial charge in [-0.1, -0.05) is 63.1 Å². The molecule has 0 spiro atoms. The van der Waals surface area contributed by atoms with Crippen LogP contribution in [0.15, 0.2) is 42.5 Å². The van der Waals surface area contributed by atoms with E-state index in [1.54, 1.807) is 20.8 Å². The van der Waals surface area contributed by atoms with E-state index in [1.165, 1.54) is 0 Å². The number of hydrogen-bond donors (Lipinski definition) is 3. The van der Waals surface area contributed by atoms with E-state index < -0.39 is 29.8 Å². The summed E-state index contributed by atoms with van der Waals surface area (Å²) in [5.74, 6) is -0.523. The van der Waals surface area contributed by atoms with Gasteiger partial charge in [-0.25, -0.2) is 4.79 Å². The summed E-state index contributed by atoms with van der Waals surface area (Å²) in [6.07, 6.45) is 2.30. The Bertz CT molecular complexity index is 848. The van der Waals surface area contributed by atoms with E-state index in [-0.39, 0.29) is 17.7 Å². The SMILES string of the molecule is C=C(C)C[C@H](C[C@H](O)[C@H](CC(C)(C)CCOCc1ccccc1)NC(=O)OC(C)(C)C)C(=O)NCCCC. The van der Waals surface area contributed by atoms with Crippen molar-refractivity contribution in [3.8, 4) is 0 Å². The highest BCUT2D eigenvalue weighted by Gasteiger charge is 2.33. The van der Waals surface area contributed by atoms with E-state index in [1.807, 2.05) is 37.3 Å². The number of nitrogens with one attached hydrogen (secondary N) is 2. The zero-order valence-corrected chi connectivity index (χ0v) is 24.8. The first kappa shape index (κ1) is 33.6. The van der Waals surface area contributed by atoms with Crippen molar-refractivity contribution < 1.29 is 24.2 Å². The molecule has 1 aromatic carbocycles. The van der Waals surface area contributed by atoms with E-state index in [4.69, 9.17) is 9.47 Å². The van der Waals surface area contributed by atoms with E-state index >= 15 is 0 Å². The molecule has 1 aromatic rings. The van der Waals surface area contributed by atoms with Gasteiger partial charge in [0.05, 0.1) is 18.8 Å². The van der Waals surface area contributed by atoms with Crippen molar-refractivity contribution in [2.24, 2.45) is 11.3 Å². The van der Waals surface area contributed by atoms with Crippen LogP contribution >= 0.6 is 0 Å². The van der Waals surface area contributed by atoms with Gasteiger partial charge in [-0.15, -0.1) is 6.58 Å². The Morgan fingerprint density at radius 2 is 1.76 bits per heavy atom. The number of alkyl carbamates (subject to hydrolysis) is 1. The van der Waals surface area contributed by atoms with Gasteiger partial charge in [0.25, 0.3) is 0 Å². The zero-order chi connectivity index (χ0) is 28.8. The monoisotopic (exact) mass is 532 g/mol. The molecule has 7 nitrogen and oxygen atoms in total. The first-order valence-electron chi connectivity index (χ1n) is 13.9.